The highest BCUT2D eigenvalue weighted by Crippen LogP contribution is 2.30. The molecule has 0 aliphatic carbocycles. The molecule has 21 heavy (non-hydrogen) atoms. The molecule has 0 heterocycles. The van der Waals surface area contributed by atoms with Gasteiger partial charge in [-0.05, 0) is 6.07 Å². The van der Waals surface area contributed by atoms with Crippen LogP contribution in [0.2, 0.25) is 0 Å². The normalized spacial score (nSPS) is 12.4. The lowest BCUT2D eigenvalue weighted by Crippen LogP contribution is -2.50. The fourth-order valence-corrected chi connectivity index (χ4v) is 1.47. The Labute approximate surface area is 133 Å². The largest absolute Gasteiger partial charge is 0.379 e. The van der Waals surface area contributed by atoms with Gasteiger partial charge in [-0.15, -0.1) is 0 Å². The summed E-state index contributed by atoms with van der Waals surface area (Å²) in [4.78, 5) is 32.9. The van der Waals surface area contributed by atoms with Gasteiger partial charge < -0.3 is 5.11 Å². The molecule has 0 saturated heterocycles. The predicted molar refractivity (Wildman–Crippen MR) is 75.0 cm³/mol. The van der Waals surface area contributed by atoms with Gasteiger partial charge in [-0.2, -0.15) is 0 Å². The number of rotatable bonds is 3. The van der Waals surface area contributed by atoms with Crippen LogP contribution in [0.15, 0.2) is 24.3 Å². The summed E-state index contributed by atoms with van der Waals surface area (Å²) in [5, 5.41) is 19.9. The second kappa shape index (κ2) is 6.90. The van der Waals surface area contributed by atoms with Gasteiger partial charge in [0.15, 0.2) is 6.10 Å². The number of alkyl halides is 3. The highest BCUT2D eigenvalue weighted by atomic mass is 35.6. The third kappa shape index (κ3) is 5.01. The molecule has 0 saturated carbocycles. The van der Waals surface area contributed by atoms with E-state index in [2.05, 4.69) is 0 Å². The van der Waals surface area contributed by atoms with E-state index in [-0.39, 0.29) is 11.3 Å². The monoisotopic (exact) mass is 355 g/mol. The Morgan fingerprint density at radius 3 is 2.43 bits per heavy atom. The number of halogens is 3. The number of aliphatic hydroxyl groups excluding tert-OH is 1. The first-order valence-corrected chi connectivity index (χ1v) is 6.35. The van der Waals surface area contributed by atoms with Crippen LogP contribution >= 0.6 is 34.8 Å². The van der Waals surface area contributed by atoms with E-state index < -0.39 is 26.6 Å². The molecule has 8 nitrogen and oxygen atoms in total. The number of nitrogens with one attached hydrogen (secondary N) is 2. The number of non-ortho nitro benzene ring substituents is 1. The lowest BCUT2D eigenvalue weighted by atomic mass is 10.2. The highest BCUT2D eigenvalue weighted by Gasteiger charge is 2.36. The van der Waals surface area contributed by atoms with Crippen LogP contribution in [0.4, 0.5) is 5.69 Å². The Bertz CT molecular complexity index is 575. The van der Waals surface area contributed by atoms with Crippen LogP contribution in [0.3, 0.4) is 0 Å². The van der Waals surface area contributed by atoms with E-state index in [1.807, 2.05) is 10.9 Å². The molecule has 1 atom stereocenters. The number of hydrazine groups is 1. The van der Waals surface area contributed by atoms with Gasteiger partial charge >= 0.3 is 0 Å². The maximum atomic E-state index is 11.7. The summed E-state index contributed by atoms with van der Waals surface area (Å²) in [7, 11) is 0. The number of nitro benzene ring substituents is 1. The van der Waals surface area contributed by atoms with E-state index in [1.165, 1.54) is 18.2 Å². The molecule has 0 bridgehead atoms. The maximum Gasteiger partial charge on any atom is 0.271 e. The second-order valence-electron chi connectivity index (χ2n) is 3.69. The molecule has 0 fully saturated rings. The standard InChI is InChI=1S/C10H8Cl3N3O5/c11-10(12,13)7(17)9(19)15-14-8(18)5-2-1-3-6(4-5)16(20)21/h1-4,7,17H,(H,14,18)(H,15,19). The van der Waals surface area contributed by atoms with Gasteiger partial charge in [0, 0.05) is 17.7 Å². The van der Waals surface area contributed by atoms with Gasteiger partial charge in [-0.25, -0.2) is 0 Å². The number of amides is 2. The first-order chi connectivity index (χ1) is 9.62. The van der Waals surface area contributed by atoms with Crippen LogP contribution in [0.1, 0.15) is 10.4 Å². The van der Waals surface area contributed by atoms with E-state index in [0.717, 1.165) is 6.07 Å². The second-order valence-corrected chi connectivity index (χ2v) is 6.06. The number of nitrogens with zero attached hydrogens (tertiary/aromatic N) is 1. The molecule has 1 rings (SSSR count). The zero-order chi connectivity index (χ0) is 16.2. The van der Waals surface area contributed by atoms with E-state index in [4.69, 9.17) is 34.8 Å². The lowest BCUT2D eigenvalue weighted by molar-refractivity contribution is -0.384. The van der Waals surface area contributed by atoms with Gasteiger partial charge in [0.25, 0.3) is 17.5 Å². The summed E-state index contributed by atoms with van der Waals surface area (Å²) in [6, 6.07) is 4.79. The Hall–Kier alpha value is -1.61. The van der Waals surface area contributed by atoms with Crippen LogP contribution in [0, 0.1) is 10.1 Å². The molecule has 114 valence electrons. The molecule has 3 N–H and O–H groups in total. The Kier molecular flexibility index (Phi) is 5.73. The molecule has 0 radical (unpaired) electrons. The van der Waals surface area contributed by atoms with Crippen molar-refractivity contribution in [3.63, 3.8) is 0 Å². The van der Waals surface area contributed by atoms with Crippen LogP contribution < -0.4 is 10.9 Å². The fraction of sp³-hybridized carbons (Fsp3) is 0.200. The first kappa shape index (κ1) is 17.4. The number of carbonyl (C=O) groups excluding carboxylic acids is 2. The molecule has 11 heteroatoms. The van der Waals surface area contributed by atoms with Crippen molar-refractivity contribution in [1.29, 1.82) is 0 Å². The topological polar surface area (TPSA) is 122 Å². The van der Waals surface area contributed by atoms with Crippen molar-refractivity contribution < 1.29 is 19.6 Å². The Morgan fingerprint density at radius 1 is 1.29 bits per heavy atom. The highest BCUT2D eigenvalue weighted by molar-refractivity contribution is 6.68. The van der Waals surface area contributed by atoms with Crippen LogP contribution in [-0.2, 0) is 4.79 Å². The third-order valence-corrected chi connectivity index (χ3v) is 2.80. The lowest BCUT2D eigenvalue weighted by Gasteiger charge is -2.18. The van der Waals surface area contributed by atoms with E-state index in [0.29, 0.717) is 0 Å². The fourth-order valence-electron chi connectivity index (χ4n) is 1.17. The van der Waals surface area contributed by atoms with Gasteiger partial charge in [0.1, 0.15) is 0 Å². The van der Waals surface area contributed by atoms with Crippen molar-refractivity contribution in [3.05, 3.63) is 39.9 Å². The molecule has 0 aromatic heterocycles. The van der Waals surface area contributed by atoms with Crippen molar-refractivity contribution >= 4 is 52.3 Å². The minimum Gasteiger partial charge on any atom is -0.379 e. The molecule has 1 aromatic carbocycles. The van der Waals surface area contributed by atoms with Gasteiger partial charge in [0.2, 0.25) is 3.79 Å². The average molecular weight is 357 g/mol. The van der Waals surface area contributed by atoms with Crippen molar-refractivity contribution in [3.8, 4) is 0 Å². The Morgan fingerprint density at radius 2 is 1.90 bits per heavy atom. The minimum absolute atomic E-state index is 0.0760. The van der Waals surface area contributed by atoms with Crippen molar-refractivity contribution in [2.24, 2.45) is 0 Å². The quantitative estimate of drug-likeness (QED) is 0.425. The number of aliphatic hydroxyl groups is 1. The SMILES string of the molecule is O=C(NNC(=O)C(O)C(Cl)(Cl)Cl)c1cccc([N+](=O)[O-])c1. The molecular weight excluding hydrogens is 348 g/mol. The summed E-state index contributed by atoms with van der Waals surface area (Å²) in [5.74, 6) is -2.00. The van der Waals surface area contributed by atoms with Crippen LogP contribution in [0.25, 0.3) is 0 Å². The van der Waals surface area contributed by atoms with Crippen LogP contribution in [-0.4, -0.2) is 31.7 Å². The average Bonchev–Trinajstić information content (AvgIpc) is 2.42. The van der Waals surface area contributed by atoms with Crippen molar-refractivity contribution in [2.75, 3.05) is 0 Å². The maximum absolute atomic E-state index is 11.7. The smallest absolute Gasteiger partial charge is 0.271 e. The van der Waals surface area contributed by atoms with Crippen molar-refractivity contribution in [2.45, 2.75) is 9.90 Å². The summed E-state index contributed by atoms with van der Waals surface area (Å²) in [6.45, 7) is 0. The zero-order valence-corrected chi connectivity index (χ0v) is 12.3. The van der Waals surface area contributed by atoms with Gasteiger partial charge in [-0.1, -0.05) is 40.9 Å². The minimum atomic E-state index is -2.26. The molecule has 0 spiro atoms. The first-order valence-electron chi connectivity index (χ1n) is 5.22. The summed E-state index contributed by atoms with van der Waals surface area (Å²) >= 11 is 15.9. The zero-order valence-electron chi connectivity index (χ0n) is 10.0. The molecule has 2 amide bonds. The molecule has 0 aliphatic rings. The van der Waals surface area contributed by atoms with E-state index in [1.54, 1.807) is 0 Å². The predicted octanol–water partition coefficient (Wildman–Crippen LogP) is 1.09. The Balaban J connectivity index is 2.68. The van der Waals surface area contributed by atoms with Gasteiger partial charge in [0.05, 0.1) is 4.92 Å². The van der Waals surface area contributed by atoms with Crippen LogP contribution in [0.5, 0.6) is 0 Å². The third-order valence-electron chi connectivity index (χ3n) is 2.18. The molecule has 1 unspecified atom stereocenters. The molecule has 1 aromatic rings. The number of nitro groups is 1. The number of hydrogen-bond donors (Lipinski definition) is 3. The van der Waals surface area contributed by atoms with Gasteiger partial charge in [-0.3, -0.25) is 30.6 Å². The summed E-state index contributed by atoms with van der Waals surface area (Å²) < 4.78 is -2.26. The summed E-state index contributed by atoms with van der Waals surface area (Å²) in [5.41, 5.74) is 3.37. The number of carbonyl (C=O) groups is 2. The molecular formula is C10H8Cl3N3O5. The van der Waals surface area contributed by atoms with Crippen molar-refractivity contribution in [1.82, 2.24) is 10.9 Å². The van der Waals surface area contributed by atoms with E-state index in [9.17, 15) is 24.8 Å². The number of hydrogen-bond acceptors (Lipinski definition) is 5. The molecule has 0 aliphatic heterocycles. The summed E-state index contributed by atoms with van der Waals surface area (Å²) in [6.07, 6.45) is -2.01. The number of benzene rings is 1. The van der Waals surface area contributed by atoms with E-state index >= 15 is 0 Å².